The molecule has 4 nitrogen and oxygen atoms in total. The summed E-state index contributed by atoms with van der Waals surface area (Å²) in [6.07, 6.45) is 1.47. The number of nitrogens with one attached hydrogen (secondary N) is 2. The second-order valence-electron chi connectivity index (χ2n) is 5.89. The largest absolute Gasteiger partial charge is 0.332 e. The molecule has 3 rings (SSSR count). The Balaban J connectivity index is 1.91. The van der Waals surface area contributed by atoms with Gasteiger partial charge in [-0.05, 0) is 42.3 Å². The van der Waals surface area contributed by atoms with E-state index in [1.165, 1.54) is 18.3 Å². The van der Waals surface area contributed by atoms with Gasteiger partial charge in [0.05, 0.1) is 0 Å². The number of anilines is 1. The summed E-state index contributed by atoms with van der Waals surface area (Å²) in [4.78, 5) is 24.5. The van der Waals surface area contributed by atoms with Crippen LogP contribution in [0.15, 0.2) is 54.2 Å². The zero-order valence-corrected chi connectivity index (χ0v) is 14.2. The summed E-state index contributed by atoms with van der Waals surface area (Å²) in [6.45, 7) is 1.85. The molecule has 0 saturated carbocycles. The highest BCUT2D eigenvalue weighted by Gasteiger charge is 2.29. The molecule has 2 N–H and O–H groups in total. The van der Waals surface area contributed by atoms with Crippen molar-refractivity contribution < 1.29 is 14.0 Å². The van der Waals surface area contributed by atoms with E-state index in [1.807, 2.05) is 6.92 Å². The predicted molar refractivity (Wildman–Crippen MR) is 94.8 cm³/mol. The van der Waals surface area contributed by atoms with Crippen LogP contribution >= 0.6 is 11.6 Å². The van der Waals surface area contributed by atoms with E-state index in [4.69, 9.17) is 11.6 Å². The van der Waals surface area contributed by atoms with Crippen LogP contribution in [-0.2, 0) is 9.59 Å². The maximum Gasteiger partial charge on any atom is 0.253 e. The second-order valence-corrected chi connectivity index (χ2v) is 6.33. The molecule has 0 bridgehead atoms. The molecule has 0 spiro atoms. The monoisotopic (exact) mass is 358 g/mol. The van der Waals surface area contributed by atoms with E-state index in [-0.39, 0.29) is 18.2 Å². The van der Waals surface area contributed by atoms with E-state index >= 15 is 0 Å². The maximum atomic E-state index is 13.6. The zero-order chi connectivity index (χ0) is 18.0. The van der Waals surface area contributed by atoms with Crippen LogP contribution in [0.1, 0.15) is 23.5 Å². The lowest BCUT2D eigenvalue weighted by Crippen LogP contribution is -2.32. The topological polar surface area (TPSA) is 58.2 Å². The molecule has 0 fully saturated rings. The van der Waals surface area contributed by atoms with Crippen molar-refractivity contribution in [1.82, 2.24) is 5.32 Å². The van der Waals surface area contributed by atoms with E-state index in [1.54, 1.807) is 30.3 Å². The van der Waals surface area contributed by atoms with Crippen molar-refractivity contribution in [2.75, 3.05) is 5.32 Å². The fourth-order valence-corrected chi connectivity index (χ4v) is 2.95. The van der Waals surface area contributed by atoms with E-state index in [2.05, 4.69) is 10.6 Å². The molecule has 128 valence electrons. The Morgan fingerprint density at radius 3 is 2.84 bits per heavy atom. The van der Waals surface area contributed by atoms with Crippen molar-refractivity contribution in [3.05, 3.63) is 76.2 Å². The fourth-order valence-electron chi connectivity index (χ4n) is 2.78. The summed E-state index contributed by atoms with van der Waals surface area (Å²) in [5.41, 5.74) is 2.40. The van der Waals surface area contributed by atoms with Crippen LogP contribution in [0.5, 0.6) is 0 Å². The van der Waals surface area contributed by atoms with Gasteiger partial charge < -0.3 is 10.6 Å². The fraction of sp³-hybridized carbons (Fsp3) is 0.158. The third-order valence-electron chi connectivity index (χ3n) is 4.11. The number of benzene rings is 2. The number of amides is 2. The van der Waals surface area contributed by atoms with Crippen LogP contribution in [0.25, 0.3) is 0 Å². The van der Waals surface area contributed by atoms with E-state index in [9.17, 15) is 14.0 Å². The van der Waals surface area contributed by atoms with Crippen LogP contribution in [-0.4, -0.2) is 11.8 Å². The highest BCUT2D eigenvalue weighted by atomic mass is 35.5. The molecule has 1 unspecified atom stereocenters. The molecule has 1 aliphatic heterocycles. The van der Waals surface area contributed by atoms with Crippen LogP contribution in [0, 0.1) is 12.7 Å². The van der Waals surface area contributed by atoms with Gasteiger partial charge in [0.15, 0.2) is 0 Å². The Morgan fingerprint density at radius 2 is 2.08 bits per heavy atom. The normalized spacial score (nSPS) is 16.8. The molecule has 0 saturated heterocycles. The number of rotatable bonds is 3. The highest BCUT2D eigenvalue weighted by Crippen LogP contribution is 2.32. The number of halogens is 2. The number of aryl methyl sites for hydroxylation is 1. The van der Waals surface area contributed by atoms with Gasteiger partial charge in [0.2, 0.25) is 5.91 Å². The molecule has 2 aromatic rings. The number of carbonyl (C=O) groups is 2. The first-order chi connectivity index (χ1) is 11.9. The van der Waals surface area contributed by atoms with Gasteiger partial charge in [-0.3, -0.25) is 9.59 Å². The van der Waals surface area contributed by atoms with Gasteiger partial charge in [-0.25, -0.2) is 4.39 Å². The maximum absolute atomic E-state index is 13.6. The van der Waals surface area contributed by atoms with E-state index < -0.39 is 11.7 Å². The van der Waals surface area contributed by atoms with Gasteiger partial charge in [-0.15, -0.1) is 0 Å². The Morgan fingerprint density at radius 1 is 1.28 bits per heavy atom. The SMILES string of the molecule is Cc1ccc(Cl)cc1NC(=O)C1=CNC(=O)CC1c1cccc(F)c1. The van der Waals surface area contributed by atoms with Crippen molar-refractivity contribution in [2.24, 2.45) is 0 Å². The minimum absolute atomic E-state index is 0.0806. The molecule has 2 aromatic carbocycles. The number of carbonyl (C=O) groups excluding carboxylic acids is 2. The molecule has 2 amide bonds. The molecule has 25 heavy (non-hydrogen) atoms. The molecular weight excluding hydrogens is 343 g/mol. The van der Waals surface area contributed by atoms with Crippen LogP contribution in [0.4, 0.5) is 10.1 Å². The first kappa shape index (κ1) is 17.2. The summed E-state index contributed by atoms with van der Waals surface area (Å²) in [5.74, 6) is -1.50. The van der Waals surface area contributed by atoms with Gasteiger partial charge in [-0.2, -0.15) is 0 Å². The predicted octanol–water partition coefficient (Wildman–Crippen LogP) is 3.91. The lowest BCUT2D eigenvalue weighted by molar-refractivity contribution is -0.121. The summed E-state index contributed by atoms with van der Waals surface area (Å²) in [6, 6.07) is 11.1. The Hall–Kier alpha value is -2.66. The lowest BCUT2D eigenvalue weighted by atomic mass is 9.86. The molecule has 0 radical (unpaired) electrons. The minimum Gasteiger partial charge on any atom is -0.332 e. The Kier molecular flexibility index (Phi) is 4.86. The summed E-state index contributed by atoms with van der Waals surface area (Å²) < 4.78 is 13.6. The first-order valence-corrected chi connectivity index (χ1v) is 8.14. The Bertz CT molecular complexity index is 879. The third kappa shape index (κ3) is 3.88. The molecule has 1 aliphatic rings. The molecule has 1 atom stereocenters. The summed E-state index contributed by atoms with van der Waals surface area (Å²) in [7, 11) is 0. The molecular formula is C19H16ClFN2O2. The van der Waals surface area contributed by atoms with Crippen LogP contribution < -0.4 is 10.6 Å². The van der Waals surface area contributed by atoms with Crippen molar-refractivity contribution in [3.8, 4) is 0 Å². The van der Waals surface area contributed by atoms with Crippen LogP contribution in [0.2, 0.25) is 5.02 Å². The minimum atomic E-state index is -0.510. The summed E-state index contributed by atoms with van der Waals surface area (Å²) >= 11 is 5.98. The average Bonchev–Trinajstić information content (AvgIpc) is 2.58. The Labute approximate surface area is 149 Å². The second kappa shape index (κ2) is 7.07. The van der Waals surface area contributed by atoms with Crippen molar-refractivity contribution in [1.29, 1.82) is 0 Å². The summed E-state index contributed by atoms with van der Waals surface area (Å²) in [5, 5.41) is 5.88. The van der Waals surface area contributed by atoms with Crippen molar-refractivity contribution >= 4 is 29.1 Å². The van der Waals surface area contributed by atoms with Crippen molar-refractivity contribution in [2.45, 2.75) is 19.3 Å². The molecule has 6 heteroatoms. The first-order valence-electron chi connectivity index (χ1n) is 7.76. The number of hydrogen-bond donors (Lipinski definition) is 2. The highest BCUT2D eigenvalue weighted by molar-refractivity contribution is 6.31. The zero-order valence-electron chi connectivity index (χ0n) is 13.5. The molecule has 0 aromatic heterocycles. The van der Waals surface area contributed by atoms with Gasteiger partial charge >= 0.3 is 0 Å². The van der Waals surface area contributed by atoms with Crippen LogP contribution in [0.3, 0.4) is 0 Å². The lowest BCUT2D eigenvalue weighted by Gasteiger charge is -2.24. The van der Waals surface area contributed by atoms with E-state index in [0.29, 0.717) is 21.8 Å². The quantitative estimate of drug-likeness (QED) is 0.873. The number of hydrogen-bond acceptors (Lipinski definition) is 2. The van der Waals surface area contributed by atoms with Gasteiger partial charge in [0.25, 0.3) is 5.91 Å². The van der Waals surface area contributed by atoms with Gasteiger partial charge in [0.1, 0.15) is 5.82 Å². The van der Waals surface area contributed by atoms with Gasteiger partial charge in [0, 0.05) is 34.8 Å². The molecule has 1 heterocycles. The molecule has 0 aliphatic carbocycles. The van der Waals surface area contributed by atoms with Gasteiger partial charge in [-0.1, -0.05) is 29.8 Å². The smallest absolute Gasteiger partial charge is 0.253 e. The standard InChI is InChI=1S/C19H16ClFN2O2/c1-11-5-6-13(20)8-17(11)23-19(25)16-10-22-18(24)9-15(16)12-3-2-4-14(21)7-12/h2-8,10,15H,9H2,1H3,(H,22,24)(H,23,25). The average molecular weight is 359 g/mol. The van der Waals surface area contributed by atoms with E-state index in [0.717, 1.165) is 5.56 Å². The van der Waals surface area contributed by atoms with Crippen molar-refractivity contribution in [3.63, 3.8) is 0 Å². The third-order valence-corrected chi connectivity index (χ3v) is 4.35.